The highest BCUT2D eigenvalue weighted by molar-refractivity contribution is 5.77. The monoisotopic (exact) mass is 361 g/mol. The Morgan fingerprint density at radius 3 is 2.67 bits per heavy atom. The van der Waals surface area contributed by atoms with Gasteiger partial charge in [0.15, 0.2) is 5.54 Å². The molecule has 2 aliphatic rings. The van der Waals surface area contributed by atoms with Gasteiger partial charge in [-0.2, -0.15) is 0 Å². The van der Waals surface area contributed by atoms with E-state index < -0.39 is 5.54 Å². The van der Waals surface area contributed by atoms with Crippen molar-refractivity contribution in [2.75, 3.05) is 13.7 Å². The Bertz CT molecular complexity index is 1070. The summed E-state index contributed by atoms with van der Waals surface area (Å²) in [4.78, 5) is 17.3. The van der Waals surface area contributed by atoms with Crippen LogP contribution in [0.25, 0.3) is 11.1 Å². The van der Waals surface area contributed by atoms with Gasteiger partial charge in [-0.05, 0) is 24.3 Å². The molecule has 1 spiro atoms. The SMILES string of the molecule is COc1ccc2c(c1)[C@]1(COC(N)=N1)c1cc(-c3cncnc3)cnc1O2. The topological polar surface area (TPSA) is 105 Å². The van der Waals surface area contributed by atoms with Crippen molar-refractivity contribution in [3.8, 4) is 28.5 Å². The van der Waals surface area contributed by atoms with Crippen molar-refractivity contribution in [2.24, 2.45) is 10.7 Å². The summed E-state index contributed by atoms with van der Waals surface area (Å²) in [6, 6.07) is 7.65. The second kappa shape index (κ2) is 5.66. The molecule has 3 aromatic rings. The van der Waals surface area contributed by atoms with Crippen molar-refractivity contribution >= 4 is 6.02 Å². The molecule has 0 saturated heterocycles. The predicted molar refractivity (Wildman–Crippen MR) is 96.7 cm³/mol. The molecule has 0 unspecified atom stereocenters. The third kappa shape index (κ3) is 2.30. The molecule has 1 atom stereocenters. The molecule has 1 aromatic carbocycles. The number of ether oxygens (including phenoxy) is 3. The Labute approximate surface area is 154 Å². The van der Waals surface area contributed by atoms with E-state index in [4.69, 9.17) is 19.9 Å². The number of nitrogens with two attached hydrogens (primary N) is 1. The van der Waals surface area contributed by atoms with Crippen molar-refractivity contribution in [3.63, 3.8) is 0 Å². The summed E-state index contributed by atoms with van der Waals surface area (Å²) in [5, 5.41) is 0. The number of hydrogen-bond acceptors (Lipinski definition) is 8. The van der Waals surface area contributed by atoms with Crippen LogP contribution in [0.4, 0.5) is 0 Å². The van der Waals surface area contributed by atoms with Gasteiger partial charge in [0.1, 0.15) is 24.4 Å². The van der Waals surface area contributed by atoms with E-state index in [1.54, 1.807) is 25.7 Å². The molecule has 2 N–H and O–H groups in total. The van der Waals surface area contributed by atoms with Crippen molar-refractivity contribution < 1.29 is 14.2 Å². The summed E-state index contributed by atoms with van der Waals surface area (Å²) >= 11 is 0. The number of methoxy groups -OCH3 is 1. The zero-order valence-electron chi connectivity index (χ0n) is 14.4. The van der Waals surface area contributed by atoms with E-state index in [9.17, 15) is 0 Å². The van der Waals surface area contributed by atoms with Gasteiger partial charge < -0.3 is 19.9 Å². The number of pyridine rings is 1. The molecule has 5 rings (SSSR count). The average molecular weight is 361 g/mol. The molecule has 0 amide bonds. The lowest BCUT2D eigenvalue weighted by Gasteiger charge is -2.33. The number of amidine groups is 1. The third-order valence-corrected chi connectivity index (χ3v) is 4.76. The van der Waals surface area contributed by atoms with Gasteiger partial charge in [-0.25, -0.2) is 19.9 Å². The average Bonchev–Trinajstić information content (AvgIpc) is 3.11. The molecule has 2 aromatic heterocycles. The molecular formula is C19H15N5O3. The molecule has 0 bridgehead atoms. The second-order valence-corrected chi connectivity index (χ2v) is 6.27. The molecule has 0 aliphatic carbocycles. The zero-order valence-corrected chi connectivity index (χ0v) is 14.4. The van der Waals surface area contributed by atoms with Crippen LogP contribution in [0.15, 0.2) is 54.2 Å². The zero-order chi connectivity index (χ0) is 18.4. The van der Waals surface area contributed by atoms with E-state index in [2.05, 4.69) is 19.9 Å². The normalized spacial score (nSPS) is 19.5. The third-order valence-electron chi connectivity index (χ3n) is 4.76. The highest BCUT2D eigenvalue weighted by Gasteiger charge is 2.48. The van der Waals surface area contributed by atoms with E-state index in [0.29, 0.717) is 17.4 Å². The number of rotatable bonds is 2. The van der Waals surface area contributed by atoms with Crippen molar-refractivity contribution in [1.82, 2.24) is 15.0 Å². The maximum atomic E-state index is 6.03. The van der Waals surface area contributed by atoms with Crippen LogP contribution in [0.1, 0.15) is 11.1 Å². The minimum absolute atomic E-state index is 0.130. The first-order valence-electron chi connectivity index (χ1n) is 8.30. The van der Waals surface area contributed by atoms with Gasteiger partial charge in [-0.1, -0.05) is 0 Å². The Hall–Kier alpha value is -3.68. The molecule has 0 fully saturated rings. The van der Waals surface area contributed by atoms with Gasteiger partial charge in [0, 0.05) is 35.3 Å². The summed E-state index contributed by atoms with van der Waals surface area (Å²) in [7, 11) is 1.61. The van der Waals surface area contributed by atoms with E-state index in [0.717, 1.165) is 22.3 Å². The molecular weight excluding hydrogens is 346 g/mol. The minimum atomic E-state index is -0.847. The van der Waals surface area contributed by atoms with E-state index in [-0.39, 0.29) is 12.6 Å². The lowest BCUT2D eigenvalue weighted by molar-refractivity contribution is 0.262. The Morgan fingerprint density at radius 2 is 1.93 bits per heavy atom. The highest BCUT2D eigenvalue weighted by Crippen LogP contribution is 2.51. The van der Waals surface area contributed by atoms with Crippen molar-refractivity contribution in [2.45, 2.75) is 5.54 Å². The van der Waals surface area contributed by atoms with Crippen LogP contribution in [0.3, 0.4) is 0 Å². The van der Waals surface area contributed by atoms with Crippen molar-refractivity contribution in [3.05, 3.63) is 60.3 Å². The predicted octanol–water partition coefficient (Wildman–Crippen LogP) is 2.24. The molecule has 8 nitrogen and oxygen atoms in total. The maximum absolute atomic E-state index is 6.03. The summed E-state index contributed by atoms with van der Waals surface area (Å²) in [6.07, 6.45) is 6.67. The van der Waals surface area contributed by atoms with Crippen LogP contribution in [0, 0.1) is 0 Å². The largest absolute Gasteiger partial charge is 0.497 e. The number of hydrogen-bond donors (Lipinski definition) is 1. The van der Waals surface area contributed by atoms with E-state index in [1.165, 1.54) is 6.33 Å². The smallest absolute Gasteiger partial charge is 0.283 e. The number of aliphatic imine (C=N–C) groups is 1. The summed E-state index contributed by atoms with van der Waals surface area (Å²) in [5.41, 5.74) is 8.32. The highest BCUT2D eigenvalue weighted by atomic mass is 16.5. The molecule has 134 valence electrons. The van der Waals surface area contributed by atoms with Gasteiger partial charge in [0.2, 0.25) is 5.88 Å². The Kier molecular flexibility index (Phi) is 3.27. The van der Waals surface area contributed by atoms with E-state index >= 15 is 0 Å². The standard InChI is InChI=1S/C19H15N5O3/c1-25-13-2-3-16-14(5-13)19(9-26-18(20)24-19)15-4-11(8-23-17(15)27-16)12-6-21-10-22-7-12/h2-8,10H,9H2,1H3,(H2,20,24)/t19-/m1/s1. The molecule has 27 heavy (non-hydrogen) atoms. The quantitative estimate of drug-likeness (QED) is 0.746. The maximum Gasteiger partial charge on any atom is 0.283 e. The lowest BCUT2D eigenvalue weighted by atomic mass is 9.82. The minimum Gasteiger partial charge on any atom is -0.497 e. The molecule has 0 radical (unpaired) electrons. The Morgan fingerprint density at radius 1 is 1.07 bits per heavy atom. The van der Waals surface area contributed by atoms with Gasteiger partial charge in [0.05, 0.1) is 12.7 Å². The fourth-order valence-electron chi connectivity index (χ4n) is 3.44. The number of benzene rings is 1. The van der Waals surface area contributed by atoms with Crippen LogP contribution in [0.5, 0.6) is 17.4 Å². The summed E-state index contributed by atoms with van der Waals surface area (Å²) < 4.78 is 17.0. The molecule has 8 heteroatoms. The van der Waals surface area contributed by atoms with Gasteiger partial charge in [-0.3, -0.25) is 0 Å². The fraction of sp³-hybridized carbons (Fsp3) is 0.158. The van der Waals surface area contributed by atoms with Crippen molar-refractivity contribution in [1.29, 1.82) is 0 Å². The molecule has 2 aliphatic heterocycles. The van der Waals surface area contributed by atoms with E-state index in [1.807, 2.05) is 24.3 Å². The molecule has 0 saturated carbocycles. The Balaban J connectivity index is 1.74. The fourth-order valence-corrected chi connectivity index (χ4v) is 3.44. The van der Waals surface area contributed by atoms with Crippen LogP contribution in [0.2, 0.25) is 0 Å². The number of aromatic nitrogens is 3. The van der Waals surface area contributed by atoms with Crippen LogP contribution in [-0.4, -0.2) is 34.7 Å². The van der Waals surface area contributed by atoms with Crippen LogP contribution < -0.4 is 15.2 Å². The summed E-state index contributed by atoms with van der Waals surface area (Å²) in [6.45, 7) is 0.256. The number of fused-ring (bicyclic) bond motifs is 4. The van der Waals surface area contributed by atoms with Gasteiger partial charge in [-0.15, -0.1) is 0 Å². The van der Waals surface area contributed by atoms with Crippen LogP contribution in [-0.2, 0) is 10.3 Å². The first-order chi connectivity index (χ1) is 13.2. The summed E-state index contributed by atoms with van der Waals surface area (Å²) in [5.74, 6) is 1.81. The van der Waals surface area contributed by atoms with Gasteiger partial charge in [0.25, 0.3) is 6.02 Å². The number of nitrogens with zero attached hydrogens (tertiary/aromatic N) is 4. The van der Waals surface area contributed by atoms with Gasteiger partial charge >= 0.3 is 0 Å². The second-order valence-electron chi connectivity index (χ2n) is 6.27. The first-order valence-corrected chi connectivity index (χ1v) is 8.30. The molecule has 4 heterocycles. The lowest BCUT2D eigenvalue weighted by Crippen LogP contribution is -2.31. The first kappa shape index (κ1) is 15.6. The van der Waals surface area contributed by atoms with Crippen LogP contribution >= 0.6 is 0 Å².